The number of piperidine rings is 1. The average molecular weight is 453 g/mol. The van der Waals surface area contributed by atoms with Gasteiger partial charge in [-0.15, -0.1) is 0 Å². The van der Waals surface area contributed by atoms with Crippen LogP contribution in [0.2, 0.25) is 0 Å². The van der Waals surface area contributed by atoms with Crippen LogP contribution in [0.5, 0.6) is 0 Å². The molecule has 3 atom stereocenters. The highest BCUT2D eigenvalue weighted by Crippen LogP contribution is 2.48. The third-order valence-corrected chi connectivity index (χ3v) is 6.95. The Hall–Kier alpha value is -2.83. The number of benzene rings is 3. The Labute approximate surface area is 192 Å². The van der Waals surface area contributed by atoms with Crippen LogP contribution in [0.4, 0.5) is 24.5 Å². The smallest absolute Gasteiger partial charge is 0.123 e. The van der Waals surface area contributed by atoms with E-state index in [0.29, 0.717) is 6.42 Å². The van der Waals surface area contributed by atoms with Gasteiger partial charge in [-0.05, 0) is 91.5 Å². The maximum atomic E-state index is 14.1. The average Bonchev–Trinajstić information content (AvgIpc) is 3.13. The number of nitrogens with zero attached hydrogens (tertiary/aromatic N) is 2. The van der Waals surface area contributed by atoms with Crippen LogP contribution in [0.3, 0.4) is 0 Å². The van der Waals surface area contributed by atoms with E-state index in [1.807, 2.05) is 6.07 Å². The highest BCUT2D eigenvalue weighted by atomic mass is 19.1. The second kappa shape index (κ2) is 9.20. The van der Waals surface area contributed by atoms with Crippen molar-refractivity contribution in [2.75, 3.05) is 24.5 Å². The van der Waals surface area contributed by atoms with Crippen molar-refractivity contribution in [1.82, 2.24) is 4.90 Å². The molecular weight excluding hydrogens is 425 g/mol. The fraction of sp³-hybridized carbons (Fsp3) is 0.333. The number of rotatable bonds is 6. The highest BCUT2D eigenvalue weighted by molar-refractivity contribution is 5.73. The third kappa shape index (κ3) is 4.50. The fourth-order valence-corrected chi connectivity index (χ4v) is 5.34. The number of aliphatic hydroxyl groups excluding tert-OH is 1. The molecule has 6 heteroatoms. The minimum absolute atomic E-state index is 0.163. The van der Waals surface area contributed by atoms with Crippen LogP contribution in [0.1, 0.15) is 42.4 Å². The van der Waals surface area contributed by atoms with E-state index in [-0.39, 0.29) is 29.4 Å². The topological polar surface area (TPSA) is 26.7 Å². The van der Waals surface area contributed by atoms with Crippen molar-refractivity contribution in [1.29, 1.82) is 0 Å². The molecule has 0 spiro atoms. The van der Waals surface area contributed by atoms with E-state index in [4.69, 9.17) is 0 Å². The Kier molecular flexibility index (Phi) is 6.13. The number of hydrogen-bond acceptors (Lipinski definition) is 3. The largest absolute Gasteiger partial charge is 0.388 e. The van der Waals surface area contributed by atoms with Gasteiger partial charge in [-0.2, -0.15) is 0 Å². The molecule has 0 saturated carbocycles. The Morgan fingerprint density at radius 2 is 1.55 bits per heavy atom. The normalized spacial score (nSPS) is 21.0. The molecule has 5 rings (SSSR count). The predicted molar refractivity (Wildman–Crippen MR) is 123 cm³/mol. The van der Waals surface area contributed by atoms with Crippen molar-refractivity contribution in [3.05, 3.63) is 95.3 Å². The molecule has 1 fully saturated rings. The number of aliphatic hydroxyl groups is 1. The first-order valence-electron chi connectivity index (χ1n) is 11.5. The van der Waals surface area contributed by atoms with Gasteiger partial charge < -0.3 is 14.9 Å². The van der Waals surface area contributed by atoms with Crippen LogP contribution in [-0.2, 0) is 0 Å². The minimum Gasteiger partial charge on any atom is -0.388 e. The quantitative estimate of drug-likeness (QED) is 0.502. The molecule has 1 saturated heterocycles. The van der Waals surface area contributed by atoms with Crippen LogP contribution in [0, 0.1) is 17.5 Å². The van der Waals surface area contributed by atoms with E-state index < -0.39 is 6.10 Å². The van der Waals surface area contributed by atoms with E-state index in [9.17, 15) is 18.3 Å². The Bertz CT molecular complexity index is 1100. The molecule has 33 heavy (non-hydrogen) atoms. The summed E-state index contributed by atoms with van der Waals surface area (Å²) in [5, 5.41) is 10.4. The molecule has 0 radical (unpaired) electrons. The number of likely N-dealkylation sites (tertiary alicyclic amines) is 1. The predicted octanol–water partition coefficient (Wildman–Crippen LogP) is 5.93. The Morgan fingerprint density at radius 3 is 2.27 bits per heavy atom. The zero-order valence-electron chi connectivity index (χ0n) is 18.3. The van der Waals surface area contributed by atoms with Gasteiger partial charge in [0.15, 0.2) is 0 Å². The second-order valence-corrected chi connectivity index (χ2v) is 9.02. The van der Waals surface area contributed by atoms with Gasteiger partial charge in [0.2, 0.25) is 0 Å². The highest BCUT2D eigenvalue weighted by Gasteiger charge is 2.42. The molecule has 3 aromatic rings. The summed E-state index contributed by atoms with van der Waals surface area (Å²) in [6, 6.07) is 17.6. The maximum Gasteiger partial charge on any atom is 0.123 e. The molecule has 0 bridgehead atoms. The molecule has 3 nitrogen and oxygen atoms in total. The number of hydrogen-bond donors (Lipinski definition) is 1. The van der Waals surface area contributed by atoms with Gasteiger partial charge in [-0.1, -0.05) is 12.1 Å². The lowest BCUT2D eigenvalue weighted by Crippen LogP contribution is -2.45. The zero-order chi connectivity index (χ0) is 22.9. The molecule has 0 aliphatic carbocycles. The van der Waals surface area contributed by atoms with Crippen LogP contribution >= 0.6 is 0 Å². The summed E-state index contributed by atoms with van der Waals surface area (Å²) >= 11 is 0. The lowest BCUT2D eigenvalue weighted by Gasteiger charge is -2.39. The van der Waals surface area contributed by atoms with Crippen LogP contribution in [0.25, 0.3) is 0 Å². The van der Waals surface area contributed by atoms with Gasteiger partial charge in [0, 0.05) is 36.4 Å². The van der Waals surface area contributed by atoms with Crippen molar-refractivity contribution in [3.63, 3.8) is 0 Å². The maximum absolute atomic E-state index is 14.1. The van der Waals surface area contributed by atoms with Crippen molar-refractivity contribution in [3.8, 4) is 0 Å². The molecule has 0 unspecified atom stereocenters. The summed E-state index contributed by atoms with van der Waals surface area (Å²) < 4.78 is 40.7. The molecular formula is C27H27F3N2O. The molecule has 172 valence electrons. The minimum atomic E-state index is -0.613. The molecule has 3 aromatic carbocycles. The SMILES string of the molecule is O[C@H](CCCN1CC[C@H]2[C@H](C1)c1cc(F)ccc1N2c1ccc(F)cc1)c1ccc(F)cc1. The van der Waals surface area contributed by atoms with E-state index >= 15 is 0 Å². The van der Waals surface area contributed by atoms with Crippen LogP contribution in [0.15, 0.2) is 66.7 Å². The first-order chi connectivity index (χ1) is 16.0. The second-order valence-electron chi connectivity index (χ2n) is 9.02. The number of halogens is 3. The number of anilines is 2. The molecule has 1 N–H and O–H groups in total. The van der Waals surface area contributed by atoms with Crippen molar-refractivity contribution >= 4 is 11.4 Å². The van der Waals surface area contributed by atoms with Gasteiger partial charge in [0.05, 0.1) is 6.10 Å². The molecule has 0 amide bonds. The fourth-order valence-electron chi connectivity index (χ4n) is 5.34. The standard InChI is InChI=1S/C27H27F3N2O/c28-19-5-3-18(4-6-19)27(33)2-1-14-31-15-13-26-24(17-31)23-16-21(30)9-12-25(23)32(26)22-10-7-20(29)8-11-22/h3-12,16,24,26-27,33H,1-2,13-15,17H2/t24-,26+,27-/m1/s1. The molecule has 2 aliphatic heterocycles. The number of fused-ring (bicyclic) bond motifs is 3. The van der Waals surface area contributed by atoms with Crippen LogP contribution < -0.4 is 4.90 Å². The van der Waals surface area contributed by atoms with Crippen molar-refractivity contribution in [2.24, 2.45) is 0 Å². The van der Waals surface area contributed by atoms with Gasteiger partial charge >= 0.3 is 0 Å². The Morgan fingerprint density at radius 1 is 0.879 bits per heavy atom. The molecule has 0 aromatic heterocycles. The summed E-state index contributed by atoms with van der Waals surface area (Å²) in [6.07, 6.45) is 1.72. The summed E-state index contributed by atoms with van der Waals surface area (Å²) in [7, 11) is 0. The van der Waals surface area contributed by atoms with Crippen molar-refractivity contribution < 1.29 is 18.3 Å². The first-order valence-corrected chi connectivity index (χ1v) is 11.5. The first kappa shape index (κ1) is 22.0. The summed E-state index contributed by atoms with van der Waals surface area (Å²) in [5.74, 6) is -0.659. The van der Waals surface area contributed by atoms with E-state index in [0.717, 1.165) is 55.0 Å². The van der Waals surface area contributed by atoms with Gasteiger partial charge in [0.1, 0.15) is 17.5 Å². The molecule has 2 heterocycles. The van der Waals surface area contributed by atoms with Gasteiger partial charge in [-0.25, -0.2) is 13.2 Å². The van der Waals surface area contributed by atoms with E-state index in [1.165, 1.54) is 30.3 Å². The summed E-state index contributed by atoms with van der Waals surface area (Å²) in [5.41, 5.74) is 3.64. The monoisotopic (exact) mass is 452 g/mol. The Balaban J connectivity index is 1.27. The van der Waals surface area contributed by atoms with E-state index in [2.05, 4.69) is 9.80 Å². The van der Waals surface area contributed by atoms with Gasteiger partial charge in [-0.3, -0.25) is 0 Å². The van der Waals surface area contributed by atoms with Crippen LogP contribution in [-0.4, -0.2) is 35.7 Å². The van der Waals surface area contributed by atoms with Gasteiger partial charge in [0.25, 0.3) is 0 Å². The summed E-state index contributed by atoms with van der Waals surface area (Å²) in [4.78, 5) is 4.61. The van der Waals surface area contributed by atoms with E-state index in [1.54, 1.807) is 30.3 Å². The lowest BCUT2D eigenvalue weighted by atomic mass is 9.88. The van der Waals surface area contributed by atoms with Crippen molar-refractivity contribution in [2.45, 2.75) is 37.3 Å². The third-order valence-electron chi connectivity index (χ3n) is 6.95. The summed E-state index contributed by atoms with van der Waals surface area (Å²) in [6.45, 7) is 2.55. The molecule has 2 aliphatic rings. The zero-order valence-corrected chi connectivity index (χ0v) is 18.3. The lowest BCUT2D eigenvalue weighted by molar-refractivity contribution is 0.145.